The topological polar surface area (TPSA) is 58.1 Å². The normalized spacial score (nSPS) is 11.2. The van der Waals surface area contributed by atoms with Crippen molar-refractivity contribution < 1.29 is 18.0 Å². The molecule has 0 aliphatic rings. The molecule has 0 bridgehead atoms. The van der Waals surface area contributed by atoms with Crippen molar-refractivity contribution in [3.8, 4) is 0 Å². The molecular weight excluding hydrogens is 393 g/mol. The molecule has 0 aliphatic carbocycles. The van der Waals surface area contributed by atoms with Gasteiger partial charge in [-0.15, -0.1) is 0 Å². The predicted octanol–water partition coefficient (Wildman–Crippen LogP) is 4.40. The molecule has 0 atom stereocenters. The highest BCUT2D eigenvalue weighted by atomic mass is 19.4. The van der Waals surface area contributed by atoms with E-state index in [0.717, 1.165) is 47.9 Å². The number of alkyl halides is 3. The molecule has 0 fully saturated rings. The van der Waals surface area contributed by atoms with Crippen LogP contribution in [0.4, 0.5) is 24.7 Å². The Kier molecular flexibility index (Phi) is 6.34. The van der Waals surface area contributed by atoms with Gasteiger partial charge in [-0.2, -0.15) is 13.2 Å². The number of halogens is 3. The lowest BCUT2D eigenvalue weighted by atomic mass is 10.1. The van der Waals surface area contributed by atoms with E-state index in [9.17, 15) is 18.0 Å². The fraction of sp³-hybridized carbons (Fsp3) is 0.227. The van der Waals surface area contributed by atoms with Gasteiger partial charge < -0.3 is 10.2 Å². The Morgan fingerprint density at radius 1 is 1.03 bits per heavy atom. The zero-order chi connectivity index (χ0) is 21.7. The molecule has 0 unspecified atom stereocenters. The Bertz CT molecular complexity index is 1000. The smallest absolute Gasteiger partial charge is 0.362 e. The fourth-order valence-corrected chi connectivity index (χ4v) is 2.72. The molecule has 155 valence electrons. The third kappa shape index (κ3) is 5.56. The standard InChI is InChI=1S/C22H20F3N4O/c1-29(2)20-13-14-26-19(28-20)12-5-15-3-10-18(11-4-15)27-21(30)16-6-8-17(9-7-16)22(23,24)25/h3-4,6-11,14H,5,12H2,1-2H3,(H,27,30). The molecule has 3 aromatic rings. The summed E-state index contributed by atoms with van der Waals surface area (Å²) < 4.78 is 37.9. The Labute approximate surface area is 172 Å². The molecule has 1 radical (unpaired) electrons. The summed E-state index contributed by atoms with van der Waals surface area (Å²) in [4.78, 5) is 22.8. The van der Waals surface area contributed by atoms with Crippen molar-refractivity contribution in [3.05, 3.63) is 83.3 Å². The summed E-state index contributed by atoms with van der Waals surface area (Å²) in [6.45, 7) is 0. The first kappa shape index (κ1) is 21.3. The average Bonchev–Trinajstić information content (AvgIpc) is 2.73. The van der Waals surface area contributed by atoms with Crippen LogP contribution in [-0.2, 0) is 19.0 Å². The van der Waals surface area contributed by atoms with Crippen molar-refractivity contribution in [3.63, 3.8) is 0 Å². The lowest BCUT2D eigenvalue weighted by Crippen LogP contribution is -2.13. The number of hydrogen-bond donors (Lipinski definition) is 1. The average molecular weight is 413 g/mol. The molecule has 1 amide bonds. The van der Waals surface area contributed by atoms with E-state index in [4.69, 9.17) is 0 Å². The van der Waals surface area contributed by atoms with E-state index >= 15 is 0 Å². The van der Waals surface area contributed by atoms with Crippen molar-refractivity contribution in [2.45, 2.75) is 19.0 Å². The minimum atomic E-state index is -4.43. The first-order valence-corrected chi connectivity index (χ1v) is 9.21. The van der Waals surface area contributed by atoms with Crippen LogP contribution in [0, 0.1) is 6.07 Å². The van der Waals surface area contributed by atoms with Crippen LogP contribution in [0.2, 0.25) is 0 Å². The van der Waals surface area contributed by atoms with Crippen LogP contribution in [0.25, 0.3) is 0 Å². The van der Waals surface area contributed by atoms with E-state index in [1.54, 1.807) is 18.3 Å². The van der Waals surface area contributed by atoms with Crippen LogP contribution >= 0.6 is 0 Å². The summed E-state index contributed by atoms with van der Waals surface area (Å²) in [6.07, 6.45) is -1.43. The summed E-state index contributed by atoms with van der Waals surface area (Å²) in [5.74, 6) is 0.972. The monoisotopic (exact) mass is 413 g/mol. The van der Waals surface area contributed by atoms with Gasteiger partial charge in [0.05, 0.1) is 5.56 Å². The maximum Gasteiger partial charge on any atom is 0.416 e. The molecule has 8 heteroatoms. The highest BCUT2D eigenvalue weighted by Gasteiger charge is 2.30. The number of carbonyl (C=O) groups is 1. The van der Waals surface area contributed by atoms with Crippen molar-refractivity contribution in [1.82, 2.24) is 9.97 Å². The van der Waals surface area contributed by atoms with E-state index < -0.39 is 17.6 Å². The van der Waals surface area contributed by atoms with Gasteiger partial charge in [-0.05, 0) is 48.4 Å². The number of rotatable bonds is 6. The van der Waals surface area contributed by atoms with Crippen LogP contribution in [0.3, 0.4) is 0 Å². The molecule has 3 rings (SSSR count). The number of carbonyl (C=O) groups excluding carboxylic acids is 1. The number of benzene rings is 2. The van der Waals surface area contributed by atoms with Gasteiger partial charge in [-0.25, -0.2) is 9.97 Å². The third-order valence-electron chi connectivity index (χ3n) is 4.39. The lowest BCUT2D eigenvalue weighted by Gasteiger charge is -2.11. The number of amides is 1. The number of anilines is 2. The molecule has 0 aliphatic heterocycles. The highest BCUT2D eigenvalue weighted by molar-refractivity contribution is 6.04. The molecule has 0 saturated carbocycles. The number of nitrogens with zero attached hydrogens (tertiary/aromatic N) is 3. The summed E-state index contributed by atoms with van der Waals surface area (Å²) >= 11 is 0. The molecule has 0 spiro atoms. The number of aryl methyl sites for hydroxylation is 2. The Balaban J connectivity index is 1.58. The maximum atomic E-state index is 12.6. The fourth-order valence-electron chi connectivity index (χ4n) is 2.72. The second kappa shape index (κ2) is 8.94. The summed E-state index contributed by atoms with van der Waals surface area (Å²) in [7, 11) is 3.78. The van der Waals surface area contributed by atoms with Gasteiger partial charge in [-0.3, -0.25) is 4.79 Å². The second-order valence-electron chi connectivity index (χ2n) is 6.87. The van der Waals surface area contributed by atoms with E-state index in [1.165, 1.54) is 0 Å². The van der Waals surface area contributed by atoms with Gasteiger partial charge in [0, 0.05) is 44.0 Å². The Hall–Kier alpha value is -3.42. The predicted molar refractivity (Wildman–Crippen MR) is 108 cm³/mol. The quantitative estimate of drug-likeness (QED) is 0.651. The van der Waals surface area contributed by atoms with E-state index in [2.05, 4.69) is 21.4 Å². The zero-order valence-electron chi connectivity index (χ0n) is 16.5. The molecule has 5 nitrogen and oxygen atoms in total. The van der Waals surface area contributed by atoms with Crippen LogP contribution < -0.4 is 10.2 Å². The van der Waals surface area contributed by atoms with Crippen LogP contribution in [0.15, 0.2) is 54.7 Å². The molecular formula is C22H20F3N4O. The molecule has 1 N–H and O–H groups in total. The summed E-state index contributed by atoms with van der Waals surface area (Å²) in [5, 5.41) is 2.68. The molecule has 1 aromatic heterocycles. The largest absolute Gasteiger partial charge is 0.416 e. The molecule has 30 heavy (non-hydrogen) atoms. The van der Waals surface area contributed by atoms with Gasteiger partial charge in [0.25, 0.3) is 5.91 Å². The van der Waals surface area contributed by atoms with E-state index in [1.807, 2.05) is 31.1 Å². The minimum absolute atomic E-state index is 0.154. The summed E-state index contributed by atoms with van der Waals surface area (Å²) in [6, 6.07) is 14.3. The van der Waals surface area contributed by atoms with Gasteiger partial charge in [-0.1, -0.05) is 12.1 Å². The first-order valence-electron chi connectivity index (χ1n) is 9.21. The maximum absolute atomic E-state index is 12.6. The highest BCUT2D eigenvalue weighted by Crippen LogP contribution is 2.29. The van der Waals surface area contributed by atoms with Gasteiger partial charge in [0.1, 0.15) is 11.6 Å². The van der Waals surface area contributed by atoms with Gasteiger partial charge >= 0.3 is 6.18 Å². The zero-order valence-corrected chi connectivity index (χ0v) is 16.5. The lowest BCUT2D eigenvalue weighted by molar-refractivity contribution is -0.137. The second-order valence-corrected chi connectivity index (χ2v) is 6.87. The Morgan fingerprint density at radius 3 is 2.30 bits per heavy atom. The van der Waals surface area contributed by atoms with E-state index in [0.29, 0.717) is 12.1 Å². The number of nitrogens with one attached hydrogen (secondary N) is 1. The van der Waals surface area contributed by atoms with E-state index in [-0.39, 0.29) is 5.56 Å². The number of aromatic nitrogens is 2. The number of hydrogen-bond acceptors (Lipinski definition) is 4. The van der Waals surface area contributed by atoms with Gasteiger partial charge in [0.2, 0.25) is 0 Å². The molecule has 0 saturated heterocycles. The van der Waals surface area contributed by atoms with Crippen molar-refractivity contribution in [2.75, 3.05) is 24.3 Å². The first-order chi connectivity index (χ1) is 14.2. The van der Waals surface area contributed by atoms with Crippen LogP contribution in [0.5, 0.6) is 0 Å². The third-order valence-corrected chi connectivity index (χ3v) is 4.39. The molecule has 1 heterocycles. The van der Waals surface area contributed by atoms with Crippen LogP contribution in [-0.4, -0.2) is 30.0 Å². The minimum Gasteiger partial charge on any atom is -0.362 e. The van der Waals surface area contributed by atoms with Crippen molar-refractivity contribution in [2.24, 2.45) is 0 Å². The SMILES string of the molecule is CN(C)c1[c]cnc(CCc2ccc(NC(=O)c3ccc(C(F)(F)F)cc3)cc2)n1. The van der Waals surface area contributed by atoms with Crippen LogP contribution in [0.1, 0.15) is 27.3 Å². The van der Waals surface area contributed by atoms with Crippen molar-refractivity contribution >= 4 is 17.4 Å². The van der Waals surface area contributed by atoms with Gasteiger partial charge in [0.15, 0.2) is 0 Å². The Morgan fingerprint density at radius 2 is 1.70 bits per heavy atom. The van der Waals surface area contributed by atoms with Crippen molar-refractivity contribution in [1.29, 1.82) is 0 Å². The molecule has 2 aromatic carbocycles. The summed E-state index contributed by atoms with van der Waals surface area (Å²) in [5.41, 5.74) is 0.970.